The highest BCUT2D eigenvalue weighted by molar-refractivity contribution is 5.91. The minimum atomic E-state index is -1.10. The number of benzene rings is 2. The van der Waals surface area contributed by atoms with Crippen LogP contribution in [0.4, 0.5) is 17.6 Å². The van der Waals surface area contributed by atoms with E-state index in [2.05, 4.69) is 6.92 Å². The molecule has 0 heterocycles. The van der Waals surface area contributed by atoms with Crippen molar-refractivity contribution in [2.75, 3.05) is 0 Å². The van der Waals surface area contributed by atoms with E-state index in [0.717, 1.165) is 49.9 Å². The smallest absolute Gasteiger partial charge is 0.346 e. The standard InChI is InChI=1S/C13H7F3O2.C8H13FO.CH4.H2/c14-8-1-4-10(5-2-8)18-13(17)11-6-3-9(15)7-12(11)16;1-6-2-4-7(5-3-6)8(9)10;;/h1-7H;6-7H,2-5H2,1H3;1H4;1H. The van der Waals surface area contributed by atoms with E-state index in [-0.39, 0.29) is 26.1 Å². The fourth-order valence-electron chi connectivity index (χ4n) is 2.81. The van der Waals surface area contributed by atoms with Crippen LogP contribution in [0.5, 0.6) is 5.75 Å². The number of hydrogen-bond donors (Lipinski definition) is 0. The van der Waals surface area contributed by atoms with Crippen molar-refractivity contribution in [2.24, 2.45) is 11.8 Å². The molecule has 0 amide bonds. The Morgan fingerprint density at radius 1 is 0.931 bits per heavy atom. The molecule has 7 heteroatoms. The summed E-state index contributed by atoms with van der Waals surface area (Å²) < 4.78 is 55.4. The van der Waals surface area contributed by atoms with Crippen molar-refractivity contribution >= 4 is 12.0 Å². The van der Waals surface area contributed by atoms with Gasteiger partial charge in [0, 0.05) is 13.4 Å². The summed E-state index contributed by atoms with van der Waals surface area (Å²) >= 11 is 0. The summed E-state index contributed by atoms with van der Waals surface area (Å²) in [6, 6.07) is 6.07. The van der Waals surface area contributed by atoms with E-state index in [1.54, 1.807) is 0 Å². The lowest BCUT2D eigenvalue weighted by Gasteiger charge is -2.22. The van der Waals surface area contributed by atoms with Crippen molar-refractivity contribution < 1.29 is 33.3 Å². The van der Waals surface area contributed by atoms with Crippen LogP contribution in [0, 0.1) is 29.3 Å². The van der Waals surface area contributed by atoms with E-state index in [0.29, 0.717) is 12.0 Å². The molecule has 3 nitrogen and oxygen atoms in total. The number of carbonyl (C=O) groups excluding carboxylic acids is 2. The molecule has 0 unspecified atom stereocenters. The van der Waals surface area contributed by atoms with Crippen LogP contribution < -0.4 is 4.74 Å². The number of carbonyl (C=O) groups is 2. The Morgan fingerprint density at radius 2 is 1.48 bits per heavy atom. The first kappa shape index (κ1) is 24.3. The summed E-state index contributed by atoms with van der Waals surface area (Å²) in [4.78, 5) is 21.8. The maximum absolute atomic E-state index is 13.3. The minimum Gasteiger partial charge on any atom is -0.423 e. The molecule has 0 radical (unpaired) electrons. The predicted octanol–water partition coefficient (Wildman–Crippen LogP) is 6.51. The van der Waals surface area contributed by atoms with Crippen LogP contribution >= 0.6 is 0 Å². The molecule has 29 heavy (non-hydrogen) atoms. The number of ether oxygens (including phenoxy) is 1. The van der Waals surface area contributed by atoms with Gasteiger partial charge in [-0.2, -0.15) is 4.39 Å². The molecule has 2 aromatic rings. The molecule has 0 atom stereocenters. The molecule has 0 N–H and O–H groups in total. The molecule has 160 valence electrons. The molecule has 1 aliphatic carbocycles. The van der Waals surface area contributed by atoms with Crippen LogP contribution in [0.2, 0.25) is 0 Å². The molecule has 0 bridgehead atoms. The highest BCUT2D eigenvalue weighted by Gasteiger charge is 2.23. The van der Waals surface area contributed by atoms with Crippen LogP contribution in [0.1, 0.15) is 51.8 Å². The van der Waals surface area contributed by atoms with Crippen molar-refractivity contribution in [1.29, 1.82) is 0 Å². The number of rotatable bonds is 3. The van der Waals surface area contributed by atoms with Gasteiger partial charge in [-0.05, 0) is 68.0 Å². The van der Waals surface area contributed by atoms with E-state index < -0.39 is 29.5 Å². The Morgan fingerprint density at radius 3 is 2.00 bits per heavy atom. The van der Waals surface area contributed by atoms with Gasteiger partial charge in [0.2, 0.25) is 0 Å². The molecule has 0 saturated heterocycles. The van der Waals surface area contributed by atoms with Crippen LogP contribution in [0.3, 0.4) is 0 Å². The van der Waals surface area contributed by atoms with Gasteiger partial charge in [-0.25, -0.2) is 18.0 Å². The lowest BCUT2D eigenvalue weighted by atomic mass is 9.83. The third-order valence-corrected chi connectivity index (χ3v) is 4.51. The number of esters is 1. The summed E-state index contributed by atoms with van der Waals surface area (Å²) in [7, 11) is 0. The van der Waals surface area contributed by atoms with E-state index in [4.69, 9.17) is 4.74 Å². The third kappa shape index (κ3) is 7.68. The Labute approximate surface area is 169 Å². The van der Waals surface area contributed by atoms with Gasteiger partial charge in [-0.1, -0.05) is 14.4 Å². The first-order chi connectivity index (χ1) is 13.3. The van der Waals surface area contributed by atoms with E-state index in [1.165, 1.54) is 12.1 Å². The monoisotopic (exact) mass is 414 g/mol. The van der Waals surface area contributed by atoms with E-state index in [1.807, 2.05) is 0 Å². The van der Waals surface area contributed by atoms with Crippen LogP contribution in [-0.4, -0.2) is 12.0 Å². The second-order valence-electron chi connectivity index (χ2n) is 6.73. The van der Waals surface area contributed by atoms with E-state index >= 15 is 0 Å². The van der Waals surface area contributed by atoms with Gasteiger partial charge in [-0.15, -0.1) is 0 Å². The highest BCUT2D eigenvalue weighted by Crippen LogP contribution is 2.28. The molecular formula is C22H26F4O3. The summed E-state index contributed by atoms with van der Waals surface area (Å²) in [5.41, 5.74) is -0.388. The second-order valence-corrected chi connectivity index (χ2v) is 6.73. The SMILES string of the molecule is C.CC1CCC(C(=O)F)CC1.O=C(Oc1ccc(F)cc1)c1ccc(F)cc1F.[HH]. The maximum Gasteiger partial charge on any atom is 0.346 e. The fraction of sp³-hybridized carbons (Fsp3) is 0.364. The molecule has 3 rings (SSSR count). The van der Waals surface area contributed by atoms with Gasteiger partial charge in [0.1, 0.15) is 23.2 Å². The van der Waals surface area contributed by atoms with Gasteiger partial charge >= 0.3 is 12.0 Å². The van der Waals surface area contributed by atoms with Crippen LogP contribution in [-0.2, 0) is 4.79 Å². The summed E-state index contributed by atoms with van der Waals surface area (Å²) in [6.07, 6.45) is 3.55. The Hall–Kier alpha value is -2.70. The Kier molecular flexibility index (Phi) is 9.51. The fourth-order valence-corrected chi connectivity index (χ4v) is 2.81. The molecule has 2 aromatic carbocycles. The lowest BCUT2D eigenvalue weighted by Crippen LogP contribution is -2.17. The summed E-state index contributed by atoms with van der Waals surface area (Å²) in [5.74, 6) is -2.76. The normalized spacial score (nSPS) is 18.0. The van der Waals surface area contributed by atoms with Gasteiger partial charge in [0.15, 0.2) is 0 Å². The largest absolute Gasteiger partial charge is 0.423 e. The summed E-state index contributed by atoms with van der Waals surface area (Å²) in [6.45, 7) is 2.15. The zero-order chi connectivity index (χ0) is 20.7. The molecule has 1 aliphatic rings. The average Bonchev–Trinajstić information content (AvgIpc) is 2.64. The summed E-state index contributed by atoms with van der Waals surface area (Å²) in [5, 5.41) is 0. The zero-order valence-electron chi connectivity index (χ0n) is 15.3. The zero-order valence-corrected chi connectivity index (χ0v) is 15.3. The van der Waals surface area contributed by atoms with E-state index in [9.17, 15) is 27.2 Å². The van der Waals surface area contributed by atoms with Crippen LogP contribution in [0.15, 0.2) is 42.5 Å². The lowest BCUT2D eigenvalue weighted by molar-refractivity contribution is -0.134. The quantitative estimate of drug-likeness (QED) is 0.249. The molecule has 0 spiro atoms. The highest BCUT2D eigenvalue weighted by atomic mass is 19.1. The number of hydrogen-bond acceptors (Lipinski definition) is 3. The van der Waals surface area contributed by atoms with Gasteiger partial charge in [0.25, 0.3) is 0 Å². The molecule has 0 aliphatic heterocycles. The number of halogens is 4. The topological polar surface area (TPSA) is 43.4 Å². The van der Waals surface area contributed by atoms with Crippen molar-refractivity contribution in [3.63, 3.8) is 0 Å². The van der Waals surface area contributed by atoms with Crippen molar-refractivity contribution in [3.8, 4) is 5.75 Å². The average molecular weight is 414 g/mol. The van der Waals surface area contributed by atoms with Gasteiger partial charge < -0.3 is 4.74 Å². The third-order valence-electron chi connectivity index (χ3n) is 4.51. The molecule has 1 saturated carbocycles. The Balaban J connectivity index is 0.000000604. The Bertz CT molecular complexity index is 820. The maximum atomic E-state index is 13.3. The second kappa shape index (κ2) is 11.3. The van der Waals surface area contributed by atoms with Crippen molar-refractivity contribution in [3.05, 3.63) is 65.5 Å². The van der Waals surface area contributed by atoms with Crippen molar-refractivity contribution in [2.45, 2.75) is 40.0 Å². The van der Waals surface area contributed by atoms with Crippen LogP contribution in [0.25, 0.3) is 0 Å². The van der Waals surface area contributed by atoms with Gasteiger partial charge in [0.05, 0.1) is 5.56 Å². The van der Waals surface area contributed by atoms with Crippen molar-refractivity contribution in [1.82, 2.24) is 0 Å². The minimum absolute atomic E-state index is 0. The molecule has 1 fully saturated rings. The van der Waals surface area contributed by atoms with Gasteiger partial charge in [-0.3, -0.25) is 4.79 Å². The first-order valence-corrected chi connectivity index (χ1v) is 8.88. The molecular weight excluding hydrogens is 388 g/mol. The predicted molar refractivity (Wildman–Crippen MR) is 104 cm³/mol. The molecule has 0 aromatic heterocycles. The first-order valence-electron chi connectivity index (χ1n) is 8.88.